The lowest BCUT2D eigenvalue weighted by atomic mass is 9.89. The molecule has 3 heterocycles. The van der Waals surface area contributed by atoms with Crippen LogP contribution in [0.4, 0.5) is 5.69 Å². The van der Waals surface area contributed by atoms with Crippen molar-refractivity contribution < 1.29 is 14.4 Å². The zero-order chi connectivity index (χ0) is 19.2. The van der Waals surface area contributed by atoms with Gasteiger partial charge in [0.05, 0.1) is 23.7 Å². The third kappa shape index (κ3) is 5.26. The molecule has 3 amide bonds. The lowest BCUT2D eigenvalue weighted by Gasteiger charge is -2.28. The largest absolute Gasteiger partial charge is 0.354 e. The summed E-state index contributed by atoms with van der Waals surface area (Å²) in [5, 5.41) is 8.95. The summed E-state index contributed by atoms with van der Waals surface area (Å²) in [4.78, 5) is 42.5. The summed E-state index contributed by atoms with van der Waals surface area (Å²) >= 11 is 0. The number of pyridine rings is 1. The number of likely N-dealkylation sites (tertiary alicyclic amines) is 1. The Hall–Kier alpha value is -2.48. The number of amides is 3. The van der Waals surface area contributed by atoms with E-state index in [1.807, 2.05) is 19.1 Å². The Balaban J connectivity index is 1.44. The quantitative estimate of drug-likeness (QED) is 0.665. The molecule has 2 fully saturated rings. The van der Waals surface area contributed by atoms with Crippen molar-refractivity contribution >= 4 is 23.4 Å². The number of hydrogen-bond acceptors (Lipinski definition) is 5. The minimum Gasteiger partial charge on any atom is -0.354 e. The number of anilines is 1. The van der Waals surface area contributed by atoms with Gasteiger partial charge in [0.25, 0.3) is 0 Å². The van der Waals surface area contributed by atoms with Gasteiger partial charge in [0.15, 0.2) is 0 Å². The van der Waals surface area contributed by atoms with Gasteiger partial charge in [0.2, 0.25) is 17.7 Å². The normalized spacial score (nSPS) is 22.6. The molecular weight excluding hydrogens is 346 g/mol. The molecule has 8 nitrogen and oxygen atoms in total. The van der Waals surface area contributed by atoms with Crippen molar-refractivity contribution in [3.05, 3.63) is 24.0 Å². The van der Waals surface area contributed by atoms with Crippen molar-refractivity contribution in [2.45, 2.75) is 26.2 Å². The maximum absolute atomic E-state index is 12.5. The average Bonchev–Trinajstić information content (AvgIpc) is 3.08. The van der Waals surface area contributed by atoms with Crippen molar-refractivity contribution in [3.8, 4) is 0 Å². The summed E-state index contributed by atoms with van der Waals surface area (Å²) in [5.74, 6) is -0.529. The Morgan fingerprint density at radius 1 is 1.26 bits per heavy atom. The first kappa shape index (κ1) is 19.3. The zero-order valence-electron chi connectivity index (χ0n) is 15.7. The van der Waals surface area contributed by atoms with E-state index >= 15 is 0 Å². The van der Waals surface area contributed by atoms with Gasteiger partial charge in [-0.15, -0.1) is 0 Å². The third-order valence-corrected chi connectivity index (χ3v) is 5.12. The smallest absolute Gasteiger partial charge is 0.228 e. The fourth-order valence-electron chi connectivity index (χ4n) is 3.53. The SMILES string of the molecule is Cc1ccc(NC(=O)[C@@H]2CNC[C@H](C(=O)NCCN3CCCC3=O)C2)cn1. The summed E-state index contributed by atoms with van der Waals surface area (Å²) in [5.41, 5.74) is 1.55. The second-order valence-electron chi connectivity index (χ2n) is 7.24. The molecule has 0 unspecified atom stereocenters. The monoisotopic (exact) mass is 373 g/mol. The number of hydrogen-bond donors (Lipinski definition) is 3. The van der Waals surface area contributed by atoms with E-state index in [2.05, 4.69) is 20.9 Å². The topological polar surface area (TPSA) is 103 Å². The van der Waals surface area contributed by atoms with Crippen molar-refractivity contribution in [2.75, 3.05) is 38.0 Å². The lowest BCUT2D eigenvalue weighted by molar-refractivity contribution is -0.130. The van der Waals surface area contributed by atoms with E-state index in [1.54, 1.807) is 11.1 Å². The number of aryl methyl sites for hydroxylation is 1. The highest BCUT2D eigenvalue weighted by Gasteiger charge is 2.31. The van der Waals surface area contributed by atoms with Crippen LogP contribution in [0.15, 0.2) is 18.3 Å². The number of carbonyl (C=O) groups is 3. The molecule has 146 valence electrons. The summed E-state index contributed by atoms with van der Waals surface area (Å²) in [6.07, 6.45) is 3.64. The summed E-state index contributed by atoms with van der Waals surface area (Å²) < 4.78 is 0. The molecule has 8 heteroatoms. The summed E-state index contributed by atoms with van der Waals surface area (Å²) in [6.45, 7) is 4.78. The molecule has 2 aliphatic rings. The van der Waals surface area contributed by atoms with Gasteiger partial charge < -0.3 is 20.9 Å². The van der Waals surface area contributed by atoms with Gasteiger partial charge in [-0.25, -0.2) is 0 Å². The van der Waals surface area contributed by atoms with Crippen LogP contribution in [-0.4, -0.2) is 60.3 Å². The average molecular weight is 373 g/mol. The van der Waals surface area contributed by atoms with Crippen molar-refractivity contribution in [2.24, 2.45) is 11.8 Å². The van der Waals surface area contributed by atoms with Gasteiger partial charge in [-0.2, -0.15) is 0 Å². The highest BCUT2D eigenvalue weighted by molar-refractivity contribution is 5.93. The first-order valence-corrected chi connectivity index (χ1v) is 9.52. The Labute approximate surface area is 159 Å². The molecule has 1 aromatic rings. The number of rotatable bonds is 6. The molecule has 0 spiro atoms. The fourth-order valence-corrected chi connectivity index (χ4v) is 3.53. The van der Waals surface area contributed by atoms with E-state index in [0.717, 1.165) is 18.7 Å². The minimum absolute atomic E-state index is 0.0661. The number of carbonyl (C=O) groups excluding carboxylic acids is 3. The maximum Gasteiger partial charge on any atom is 0.228 e. The van der Waals surface area contributed by atoms with Gasteiger partial charge in [-0.05, 0) is 31.9 Å². The van der Waals surface area contributed by atoms with E-state index < -0.39 is 0 Å². The highest BCUT2D eigenvalue weighted by Crippen LogP contribution is 2.19. The second-order valence-corrected chi connectivity index (χ2v) is 7.24. The molecule has 2 aliphatic heterocycles. The predicted octanol–water partition coefficient (Wildman–Crippen LogP) is 0.293. The summed E-state index contributed by atoms with van der Waals surface area (Å²) in [6, 6.07) is 3.66. The van der Waals surface area contributed by atoms with Crippen LogP contribution in [0.2, 0.25) is 0 Å². The van der Waals surface area contributed by atoms with Crippen LogP contribution in [0.3, 0.4) is 0 Å². The molecule has 3 rings (SSSR count). The van der Waals surface area contributed by atoms with E-state index in [-0.39, 0.29) is 29.6 Å². The molecule has 1 aromatic heterocycles. The summed E-state index contributed by atoms with van der Waals surface area (Å²) in [7, 11) is 0. The van der Waals surface area contributed by atoms with Crippen LogP contribution in [0, 0.1) is 18.8 Å². The minimum atomic E-state index is -0.268. The van der Waals surface area contributed by atoms with E-state index in [9.17, 15) is 14.4 Å². The molecule has 0 radical (unpaired) electrons. The number of nitrogens with one attached hydrogen (secondary N) is 3. The Bertz CT molecular complexity index is 691. The number of piperidine rings is 1. The molecular formula is C19H27N5O3. The van der Waals surface area contributed by atoms with Crippen LogP contribution >= 0.6 is 0 Å². The van der Waals surface area contributed by atoms with Crippen molar-refractivity contribution in [3.63, 3.8) is 0 Å². The van der Waals surface area contributed by atoms with E-state index in [0.29, 0.717) is 44.7 Å². The molecule has 0 aromatic carbocycles. The van der Waals surface area contributed by atoms with E-state index in [4.69, 9.17) is 0 Å². The van der Waals surface area contributed by atoms with E-state index in [1.165, 1.54) is 0 Å². The molecule has 0 saturated carbocycles. The fraction of sp³-hybridized carbons (Fsp3) is 0.579. The first-order valence-electron chi connectivity index (χ1n) is 9.52. The number of nitrogens with zero attached hydrogens (tertiary/aromatic N) is 2. The third-order valence-electron chi connectivity index (χ3n) is 5.12. The molecule has 27 heavy (non-hydrogen) atoms. The Kier molecular flexibility index (Phi) is 6.39. The van der Waals surface area contributed by atoms with Crippen molar-refractivity contribution in [1.29, 1.82) is 0 Å². The molecule has 0 aliphatic carbocycles. The molecule has 3 N–H and O–H groups in total. The van der Waals surface area contributed by atoms with Gasteiger partial charge in [0, 0.05) is 44.8 Å². The predicted molar refractivity (Wildman–Crippen MR) is 101 cm³/mol. The van der Waals surface area contributed by atoms with Crippen LogP contribution in [0.25, 0.3) is 0 Å². The standard InChI is InChI=1S/C19H27N5O3/c1-13-4-5-16(12-22-13)23-19(27)15-9-14(10-20-11-15)18(26)21-6-8-24-7-2-3-17(24)25/h4-5,12,14-15,20H,2-3,6-11H2,1H3,(H,21,26)(H,23,27)/t14-,15+/m1/s1. The molecule has 0 bridgehead atoms. The zero-order valence-corrected chi connectivity index (χ0v) is 15.7. The molecule has 2 atom stereocenters. The highest BCUT2D eigenvalue weighted by atomic mass is 16.2. The Morgan fingerprint density at radius 3 is 2.70 bits per heavy atom. The van der Waals surface area contributed by atoms with Crippen LogP contribution in [-0.2, 0) is 14.4 Å². The first-order chi connectivity index (χ1) is 13.0. The van der Waals surface area contributed by atoms with Gasteiger partial charge in [0.1, 0.15) is 0 Å². The maximum atomic E-state index is 12.5. The van der Waals surface area contributed by atoms with Crippen molar-refractivity contribution in [1.82, 2.24) is 20.5 Å². The number of aromatic nitrogens is 1. The second kappa shape index (κ2) is 8.94. The van der Waals surface area contributed by atoms with Crippen LogP contribution in [0.5, 0.6) is 0 Å². The van der Waals surface area contributed by atoms with Gasteiger partial charge >= 0.3 is 0 Å². The molecule has 2 saturated heterocycles. The lowest BCUT2D eigenvalue weighted by Crippen LogP contribution is -2.48. The van der Waals surface area contributed by atoms with Crippen LogP contribution < -0.4 is 16.0 Å². The van der Waals surface area contributed by atoms with Crippen LogP contribution in [0.1, 0.15) is 25.0 Å². The van der Waals surface area contributed by atoms with Gasteiger partial charge in [-0.3, -0.25) is 19.4 Å². The van der Waals surface area contributed by atoms with Gasteiger partial charge in [-0.1, -0.05) is 0 Å². The Morgan fingerprint density at radius 2 is 2.04 bits per heavy atom.